The Hall–Kier alpha value is -4.02. The van der Waals surface area contributed by atoms with Crippen LogP contribution in [0.3, 0.4) is 0 Å². The average Bonchev–Trinajstić information content (AvgIpc) is 3.42. The van der Waals surface area contributed by atoms with Crippen molar-refractivity contribution in [1.29, 1.82) is 0 Å². The van der Waals surface area contributed by atoms with Crippen molar-refractivity contribution < 1.29 is 13.8 Å². The standard InChI is InChI=1S/C20H21N7O4/c1-3-10-27(24-19-13-6-4-5-7-14(13)20(29)23-22-19)17(28)9-8-16-21-18(26-31-16)15-11-30-25-12(15)2/h4-7,11H,3,8-10H2,1-2H3,(H,22,24)(H,23,29). The Morgan fingerprint density at radius 1 is 1.23 bits per heavy atom. The van der Waals surface area contributed by atoms with E-state index in [9.17, 15) is 9.59 Å². The molecule has 0 aliphatic heterocycles. The zero-order valence-corrected chi connectivity index (χ0v) is 17.1. The maximum atomic E-state index is 12.9. The SMILES string of the molecule is CCCN(Nc1n[nH]c(=O)c2ccccc12)C(=O)CCc1nc(-c2conc2C)no1. The summed E-state index contributed by atoms with van der Waals surface area (Å²) in [5.74, 6) is 0.946. The van der Waals surface area contributed by atoms with Crippen LogP contribution in [0, 0.1) is 6.92 Å². The van der Waals surface area contributed by atoms with Gasteiger partial charge in [0.15, 0.2) is 5.82 Å². The van der Waals surface area contributed by atoms with E-state index in [2.05, 4.69) is 30.9 Å². The lowest BCUT2D eigenvalue weighted by molar-refractivity contribution is -0.130. The molecule has 11 heteroatoms. The highest BCUT2D eigenvalue weighted by Gasteiger charge is 2.18. The van der Waals surface area contributed by atoms with E-state index in [1.807, 2.05) is 13.0 Å². The number of carbonyl (C=O) groups is 1. The van der Waals surface area contributed by atoms with E-state index in [0.717, 1.165) is 6.42 Å². The molecule has 4 aromatic rings. The number of aromatic amines is 1. The maximum absolute atomic E-state index is 12.9. The smallest absolute Gasteiger partial charge is 0.272 e. The summed E-state index contributed by atoms with van der Waals surface area (Å²) in [7, 11) is 0. The third-order valence-electron chi connectivity index (χ3n) is 4.70. The van der Waals surface area contributed by atoms with Crippen LogP contribution in [0.15, 0.2) is 44.4 Å². The number of amides is 1. The van der Waals surface area contributed by atoms with E-state index in [1.54, 1.807) is 25.1 Å². The minimum absolute atomic E-state index is 0.151. The molecule has 3 heterocycles. The summed E-state index contributed by atoms with van der Waals surface area (Å²) < 4.78 is 10.1. The van der Waals surface area contributed by atoms with Crippen LogP contribution in [0.2, 0.25) is 0 Å². The largest absolute Gasteiger partial charge is 0.364 e. The Kier molecular flexibility index (Phi) is 5.74. The first-order valence-electron chi connectivity index (χ1n) is 9.85. The number of hydrogen-bond acceptors (Lipinski definition) is 9. The highest BCUT2D eigenvalue weighted by Crippen LogP contribution is 2.20. The summed E-state index contributed by atoms with van der Waals surface area (Å²) >= 11 is 0. The molecule has 11 nitrogen and oxygen atoms in total. The molecule has 1 amide bonds. The molecule has 0 atom stereocenters. The third-order valence-corrected chi connectivity index (χ3v) is 4.70. The number of anilines is 1. The van der Waals surface area contributed by atoms with Crippen molar-refractivity contribution in [1.82, 2.24) is 30.5 Å². The lowest BCUT2D eigenvalue weighted by Gasteiger charge is -2.23. The molecule has 0 radical (unpaired) electrons. The second-order valence-corrected chi connectivity index (χ2v) is 6.93. The average molecular weight is 423 g/mol. The lowest BCUT2D eigenvalue weighted by Crippen LogP contribution is -2.37. The number of nitrogens with one attached hydrogen (secondary N) is 2. The van der Waals surface area contributed by atoms with Crippen molar-refractivity contribution in [3.63, 3.8) is 0 Å². The number of H-pyrrole nitrogens is 1. The number of benzene rings is 1. The highest BCUT2D eigenvalue weighted by molar-refractivity contribution is 5.91. The fourth-order valence-corrected chi connectivity index (χ4v) is 3.12. The summed E-state index contributed by atoms with van der Waals surface area (Å²) in [4.78, 5) is 29.1. The van der Waals surface area contributed by atoms with Gasteiger partial charge in [-0.2, -0.15) is 10.1 Å². The number of hydrogen-bond donors (Lipinski definition) is 2. The van der Waals surface area contributed by atoms with E-state index in [-0.39, 0.29) is 24.3 Å². The molecule has 0 spiro atoms. The first-order chi connectivity index (χ1) is 15.1. The van der Waals surface area contributed by atoms with Gasteiger partial charge in [-0.15, -0.1) is 0 Å². The third kappa shape index (κ3) is 4.29. The van der Waals surface area contributed by atoms with Crippen LogP contribution in [-0.2, 0) is 11.2 Å². The van der Waals surface area contributed by atoms with Crippen LogP contribution in [0.1, 0.15) is 31.4 Å². The molecule has 0 aliphatic rings. The quantitative estimate of drug-likeness (QED) is 0.408. The predicted molar refractivity (Wildman–Crippen MR) is 111 cm³/mol. The van der Waals surface area contributed by atoms with Crippen molar-refractivity contribution >= 4 is 22.5 Å². The number of nitrogens with zero attached hydrogens (tertiary/aromatic N) is 5. The fraction of sp³-hybridized carbons (Fsp3) is 0.300. The molecule has 1 aromatic carbocycles. The molecule has 0 saturated carbocycles. The van der Waals surface area contributed by atoms with Gasteiger partial charge in [-0.3, -0.25) is 20.0 Å². The van der Waals surface area contributed by atoms with Gasteiger partial charge < -0.3 is 9.05 Å². The van der Waals surface area contributed by atoms with Gasteiger partial charge in [-0.25, -0.2) is 5.10 Å². The molecule has 0 aliphatic carbocycles. The van der Waals surface area contributed by atoms with Crippen LogP contribution in [0.25, 0.3) is 22.2 Å². The van der Waals surface area contributed by atoms with Crippen LogP contribution in [0.4, 0.5) is 5.82 Å². The molecule has 0 fully saturated rings. The monoisotopic (exact) mass is 423 g/mol. The normalized spacial score (nSPS) is 11.0. The number of aryl methyl sites for hydroxylation is 2. The lowest BCUT2D eigenvalue weighted by atomic mass is 10.2. The Bertz CT molecular complexity index is 1260. The van der Waals surface area contributed by atoms with Crippen molar-refractivity contribution in [3.05, 3.63) is 52.5 Å². The molecular formula is C20H21N7O4. The minimum atomic E-state index is -0.287. The van der Waals surface area contributed by atoms with E-state index in [0.29, 0.717) is 46.1 Å². The molecule has 0 bridgehead atoms. The van der Waals surface area contributed by atoms with E-state index in [1.165, 1.54) is 11.3 Å². The molecule has 31 heavy (non-hydrogen) atoms. The predicted octanol–water partition coefficient (Wildman–Crippen LogP) is 2.47. The van der Waals surface area contributed by atoms with Crippen LogP contribution >= 0.6 is 0 Å². The molecule has 0 saturated heterocycles. The van der Waals surface area contributed by atoms with Gasteiger partial charge >= 0.3 is 0 Å². The molecular weight excluding hydrogens is 402 g/mol. The van der Waals surface area contributed by atoms with E-state index < -0.39 is 0 Å². The number of carbonyl (C=O) groups excluding carboxylic acids is 1. The van der Waals surface area contributed by atoms with Gasteiger partial charge in [0, 0.05) is 24.8 Å². The number of hydrazine groups is 1. The molecule has 160 valence electrons. The summed E-state index contributed by atoms with van der Waals surface area (Å²) in [6, 6.07) is 7.07. The van der Waals surface area contributed by atoms with E-state index in [4.69, 9.17) is 9.05 Å². The summed E-state index contributed by atoms with van der Waals surface area (Å²) in [5.41, 5.74) is 4.05. The first kappa shape index (κ1) is 20.3. The van der Waals surface area contributed by atoms with E-state index >= 15 is 0 Å². The second-order valence-electron chi connectivity index (χ2n) is 6.93. The Morgan fingerprint density at radius 2 is 2.03 bits per heavy atom. The topological polar surface area (TPSA) is 143 Å². The van der Waals surface area contributed by atoms with Gasteiger partial charge in [0.2, 0.25) is 17.6 Å². The van der Waals surface area contributed by atoms with Crippen LogP contribution in [-0.4, -0.2) is 43.0 Å². The van der Waals surface area contributed by atoms with Crippen molar-refractivity contribution in [2.45, 2.75) is 33.1 Å². The van der Waals surface area contributed by atoms with Gasteiger partial charge in [0.1, 0.15) is 6.26 Å². The van der Waals surface area contributed by atoms with Crippen molar-refractivity contribution in [3.8, 4) is 11.4 Å². The van der Waals surface area contributed by atoms with Gasteiger partial charge in [-0.1, -0.05) is 35.4 Å². The number of aromatic nitrogens is 5. The van der Waals surface area contributed by atoms with Crippen molar-refractivity contribution in [2.75, 3.05) is 12.0 Å². The Morgan fingerprint density at radius 3 is 2.77 bits per heavy atom. The van der Waals surface area contributed by atoms with Gasteiger partial charge in [0.05, 0.1) is 16.6 Å². The molecule has 2 N–H and O–H groups in total. The van der Waals surface area contributed by atoms with Crippen LogP contribution in [0.5, 0.6) is 0 Å². The maximum Gasteiger partial charge on any atom is 0.272 e. The van der Waals surface area contributed by atoms with Crippen LogP contribution < -0.4 is 11.0 Å². The molecule has 3 aromatic heterocycles. The molecule has 0 unspecified atom stereocenters. The summed E-state index contributed by atoms with van der Waals surface area (Å²) in [6.45, 7) is 4.20. The Balaban J connectivity index is 1.46. The summed E-state index contributed by atoms with van der Waals surface area (Å²) in [6.07, 6.45) is 2.61. The zero-order valence-electron chi connectivity index (χ0n) is 17.1. The highest BCUT2D eigenvalue weighted by atomic mass is 16.5. The fourth-order valence-electron chi connectivity index (χ4n) is 3.12. The number of fused-ring (bicyclic) bond motifs is 1. The first-order valence-corrected chi connectivity index (χ1v) is 9.85. The Labute approximate surface area is 176 Å². The molecule has 4 rings (SSSR count). The number of rotatable bonds is 8. The van der Waals surface area contributed by atoms with Gasteiger partial charge in [0.25, 0.3) is 5.56 Å². The van der Waals surface area contributed by atoms with Crippen molar-refractivity contribution in [2.24, 2.45) is 0 Å². The minimum Gasteiger partial charge on any atom is -0.364 e. The second kappa shape index (κ2) is 8.78. The van der Waals surface area contributed by atoms with Gasteiger partial charge in [-0.05, 0) is 19.4 Å². The summed E-state index contributed by atoms with van der Waals surface area (Å²) in [5, 5.41) is 16.8. The zero-order chi connectivity index (χ0) is 21.8.